The molecule has 76 valence electrons. The number of halogens is 2. The van der Waals surface area contributed by atoms with Crippen LogP contribution in [0.25, 0.3) is 0 Å². The van der Waals surface area contributed by atoms with Gasteiger partial charge in [-0.3, -0.25) is 4.79 Å². The topological polar surface area (TPSA) is 29.1 Å². The van der Waals surface area contributed by atoms with Crippen LogP contribution in [-0.2, 0) is 11.2 Å². The van der Waals surface area contributed by atoms with Crippen LogP contribution >= 0.6 is 27.5 Å². The minimum atomic E-state index is 0.00969. The fourth-order valence-corrected chi connectivity index (χ4v) is 1.69. The van der Waals surface area contributed by atoms with E-state index < -0.39 is 0 Å². The highest BCUT2D eigenvalue weighted by atomic mass is 79.9. The number of hydrogen-bond acceptors (Lipinski definition) is 1. The maximum atomic E-state index is 11.3. The molecule has 14 heavy (non-hydrogen) atoms. The third-order valence-electron chi connectivity index (χ3n) is 1.73. The van der Waals surface area contributed by atoms with Crippen LogP contribution in [-0.4, -0.2) is 12.5 Å². The lowest BCUT2D eigenvalue weighted by molar-refractivity contribution is -0.120. The van der Waals surface area contributed by atoms with E-state index in [1.165, 1.54) is 0 Å². The predicted molar refractivity (Wildman–Crippen MR) is 61.5 cm³/mol. The van der Waals surface area contributed by atoms with Crippen molar-refractivity contribution in [2.24, 2.45) is 0 Å². The monoisotopic (exact) mass is 275 g/mol. The van der Waals surface area contributed by atoms with Crippen LogP contribution in [0.15, 0.2) is 22.7 Å². The van der Waals surface area contributed by atoms with Crippen LogP contribution in [0.3, 0.4) is 0 Å². The van der Waals surface area contributed by atoms with Crippen molar-refractivity contribution in [2.45, 2.75) is 13.3 Å². The maximum absolute atomic E-state index is 11.3. The first-order chi connectivity index (χ1) is 6.63. The van der Waals surface area contributed by atoms with Gasteiger partial charge >= 0.3 is 0 Å². The summed E-state index contributed by atoms with van der Waals surface area (Å²) in [5.74, 6) is 0.00969. The minimum Gasteiger partial charge on any atom is -0.356 e. The standard InChI is InChI=1S/C10H11BrClNO/c1-2-13-10(14)6-7-5-8(12)3-4-9(7)11/h3-5H,2,6H2,1H3,(H,13,14). The highest BCUT2D eigenvalue weighted by molar-refractivity contribution is 9.10. The summed E-state index contributed by atoms with van der Waals surface area (Å²) in [6.07, 6.45) is 0.356. The lowest BCUT2D eigenvalue weighted by Gasteiger charge is -2.05. The number of rotatable bonds is 3. The molecule has 1 rings (SSSR count). The molecule has 0 heterocycles. The van der Waals surface area contributed by atoms with Gasteiger partial charge in [0.25, 0.3) is 0 Å². The van der Waals surface area contributed by atoms with Crippen LogP contribution in [0.4, 0.5) is 0 Å². The van der Waals surface area contributed by atoms with Gasteiger partial charge in [0.2, 0.25) is 5.91 Å². The average molecular weight is 277 g/mol. The van der Waals surface area contributed by atoms with Crippen LogP contribution in [0.1, 0.15) is 12.5 Å². The molecule has 0 aliphatic heterocycles. The molecule has 0 aliphatic carbocycles. The van der Waals surface area contributed by atoms with Crippen LogP contribution < -0.4 is 5.32 Å². The van der Waals surface area contributed by atoms with Gasteiger partial charge in [-0.25, -0.2) is 0 Å². The predicted octanol–water partition coefficient (Wildman–Crippen LogP) is 2.78. The third kappa shape index (κ3) is 3.31. The van der Waals surface area contributed by atoms with Gasteiger partial charge in [0, 0.05) is 16.0 Å². The van der Waals surface area contributed by atoms with Gasteiger partial charge in [-0.1, -0.05) is 27.5 Å². The highest BCUT2D eigenvalue weighted by Crippen LogP contribution is 2.21. The molecule has 0 atom stereocenters. The van der Waals surface area contributed by atoms with Crippen molar-refractivity contribution in [3.05, 3.63) is 33.3 Å². The maximum Gasteiger partial charge on any atom is 0.224 e. The molecule has 0 saturated heterocycles. The van der Waals surface area contributed by atoms with Gasteiger partial charge in [0.1, 0.15) is 0 Å². The molecule has 1 N–H and O–H groups in total. The zero-order valence-corrected chi connectivity index (χ0v) is 10.2. The number of hydrogen-bond donors (Lipinski definition) is 1. The smallest absolute Gasteiger partial charge is 0.224 e. The number of carbonyl (C=O) groups is 1. The quantitative estimate of drug-likeness (QED) is 0.904. The molecule has 0 spiro atoms. The molecular formula is C10H11BrClNO. The van der Waals surface area contributed by atoms with E-state index in [2.05, 4.69) is 21.2 Å². The second-order valence-electron chi connectivity index (χ2n) is 2.87. The van der Waals surface area contributed by atoms with Crippen molar-refractivity contribution >= 4 is 33.4 Å². The van der Waals surface area contributed by atoms with E-state index >= 15 is 0 Å². The summed E-state index contributed by atoms with van der Waals surface area (Å²) in [6, 6.07) is 5.42. The minimum absolute atomic E-state index is 0.00969. The van der Waals surface area contributed by atoms with Crippen LogP contribution in [0.5, 0.6) is 0 Å². The molecule has 4 heteroatoms. The highest BCUT2D eigenvalue weighted by Gasteiger charge is 2.06. The normalized spacial score (nSPS) is 9.93. The van der Waals surface area contributed by atoms with E-state index in [9.17, 15) is 4.79 Å². The van der Waals surface area contributed by atoms with Gasteiger partial charge < -0.3 is 5.32 Å². The second-order valence-corrected chi connectivity index (χ2v) is 4.16. The number of likely N-dealkylation sites (N-methyl/N-ethyl adjacent to an activating group) is 1. The summed E-state index contributed by atoms with van der Waals surface area (Å²) in [6.45, 7) is 2.54. The van der Waals surface area contributed by atoms with Gasteiger partial charge in [-0.05, 0) is 30.7 Å². The van der Waals surface area contributed by atoms with E-state index in [1.54, 1.807) is 12.1 Å². The Labute approximate surface area is 96.8 Å². The van der Waals surface area contributed by atoms with E-state index in [0.29, 0.717) is 18.0 Å². The molecular weight excluding hydrogens is 265 g/mol. The Hall–Kier alpha value is -0.540. The first-order valence-corrected chi connectivity index (χ1v) is 5.51. The zero-order chi connectivity index (χ0) is 10.6. The molecule has 0 radical (unpaired) electrons. The summed E-state index contributed by atoms with van der Waals surface area (Å²) >= 11 is 9.20. The van der Waals surface area contributed by atoms with Crippen molar-refractivity contribution in [3.63, 3.8) is 0 Å². The van der Waals surface area contributed by atoms with Gasteiger partial charge in [0.05, 0.1) is 6.42 Å². The third-order valence-corrected chi connectivity index (χ3v) is 2.74. The second kappa shape index (κ2) is 5.37. The van der Waals surface area contributed by atoms with E-state index in [0.717, 1.165) is 10.0 Å². The van der Waals surface area contributed by atoms with E-state index in [1.807, 2.05) is 13.0 Å². The van der Waals surface area contributed by atoms with Crippen molar-refractivity contribution in [2.75, 3.05) is 6.54 Å². The summed E-state index contributed by atoms with van der Waals surface area (Å²) in [5, 5.41) is 3.38. The number of amides is 1. The molecule has 0 unspecified atom stereocenters. The Morgan fingerprint density at radius 2 is 2.29 bits per heavy atom. The fraction of sp³-hybridized carbons (Fsp3) is 0.300. The molecule has 0 bridgehead atoms. The van der Waals surface area contributed by atoms with Gasteiger partial charge in [-0.15, -0.1) is 0 Å². The van der Waals surface area contributed by atoms with Gasteiger partial charge in [-0.2, -0.15) is 0 Å². The first-order valence-electron chi connectivity index (χ1n) is 4.34. The molecule has 0 aliphatic rings. The lowest BCUT2D eigenvalue weighted by atomic mass is 10.1. The molecule has 0 aromatic heterocycles. The first kappa shape index (κ1) is 11.5. The molecule has 0 fully saturated rings. The SMILES string of the molecule is CCNC(=O)Cc1cc(Cl)ccc1Br. The van der Waals surface area contributed by atoms with Gasteiger partial charge in [0.15, 0.2) is 0 Å². The molecule has 2 nitrogen and oxygen atoms in total. The van der Waals surface area contributed by atoms with E-state index in [-0.39, 0.29) is 5.91 Å². The molecule has 0 saturated carbocycles. The number of nitrogens with one attached hydrogen (secondary N) is 1. The van der Waals surface area contributed by atoms with Crippen LogP contribution in [0.2, 0.25) is 5.02 Å². The van der Waals surface area contributed by atoms with Crippen molar-refractivity contribution in [1.29, 1.82) is 0 Å². The Balaban J connectivity index is 2.75. The Bertz CT molecular complexity index is 341. The summed E-state index contributed by atoms with van der Waals surface area (Å²) in [4.78, 5) is 11.3. The number of carbonyl (C=O) groups excluding carboxylic acids is 1. The Kier molecular flexibility index (Phi) is 4.42. The summed E-state index contributed by atoms with van der Waals surface area (Å²) in [5.41, 5.74) is 0.906. The Morgan fingerprint density at radius 3 is 2.93 bits per heavy atom. The largest absolute Gasteiger partial charge is 0.356 e. The fourth-order valence-electron chi connectivity index (χ4n) is 1.11. The molecule has 1 aromatic carbocycles. The lowest BCUT2D eigenvalue weighted by Crippen LogP contribution is -2.24. The number of benzene rings is 1. The Morgan fingerprint density at radius 1 is 1.57 bits per heavy atom. The average Bonchev–Trinajstić information content (AvgIpc) is 2.12. The molecule has 1 aromatic rings. The van der Waals surface area contributed by atoms with Crippen molar-refractivity contribution < 1.29 is 4.79 Å². The van der Waals surface area contributed by atoms with Crippen LogP contribution in [0, 0.1) is 0 Å². The zero-order valence-electron chi connectivity index (χ0n) is 7.81. The molecule has 1 amide bonds. The van der Waals surface area contributed by atoms with Crippen molar-refractivity contribution in [3.8, 4) is 0 Å². The summed E-state index contributed by atoms with van der Waals surface area (Å²) in [7, 11) is 0. The summed E-state index contributed by atoms with van der Waals surface area (Å²) < 4.78 is 0.910. The van der Waals surface area contributed by atoms with Crippen molar-refractivity contribution in [1.82, 2.24) is 5.32 Å². The van der Waals surface area contributed by atoms with E-state index in [4.69, 9.17) is 11.6 Å².